The Bertz CT molecular complexity index is 615. The second-order valence-electron chi connectivity index (χ2n) is 4.62. The van der Waals surface area contributed by atoms with Crippen LogP contribution in [0.25, 0.3) is 0 Å². The van der Waals surface area contributed by atoms with E-state index in [1.54, 1.807) is 6.07 Å². The van der Waals surface area contributed by atoms with Gasteiger partial charge in [0.2, 0.25) is 5.91 Å². The van der Waals surface area contributed by atoms with E-state index < -0.39 is 11.9 Å². The second-order valence-corrected chi connectivity index (χ2v) is 5.67. The van der Waals surface area contributed by atoms with Crippen LogP contribution in [0.5, 0.6) is 0 Å². The van der Waals surface area contributed by atoms with Crippen LogP contribution in [0.1, 0.15) is 20.1 Å². The number of carbonyl (C=O) groups excluding carboxylic acids is 2. The molecule has 0 aliphatic carbocycles. The van der Waals surface area contributed by atoms with Crippen molar-refractivity contribution in [1.82, 2.24) is 4.90 Å². The normalized spacial score (nSPS) is 18.0. The van der Waals surface area contributed by atoms with Crippen LogP contribution < -0.4 is 11.5 Å². The highest BCUT2D eigenvalue weighted by atomic mass is 32.1. The van der Waals surface area contributed by atoms with Gasteiger partial charge in [-0.3, -0.25) is 9.59 Å². The van der Waals surface area contributed by atoms with Gasteiger partial charge in [-0.2, -0.15) is 0 Å². The first-order valence-electron chi connectivity index (χ1n) is 6.52. The van der Waals surface area contributed by atoms with Gasteiger partial charge in [0.05, 0.1) is 29.5 Å². The average Bonchev–Trinajstić information content (AvgIpc) is 2.85. The van der Waals surface area contributed by atoms with Gasteiger partial charge in [0.15, 0.2) is 0 Å². The van der Waals surface area contributed by atoms with Crippen molar-refractivity contribution in [3.05, 3.63) is 21.4 Å². The average molecular weight is 307 g/mol. The van der Waals surface area contributed by atoms with Crippen LogP contribution in [0.3, 0.4) is 0 Å². The Balaban J connectivity index is 2.24. The number of primary amides is 1. The molecule has 112 valence electrons. The van der Waals surface area contributed by atoms with Crippen LogP contribution in [0, 0.1) is 18.8 Å². The van der Waals surface area contributed by atoms with Crippen LogP contribution in [0.4, 0.5) is 0 Å². The summed E-state index contributed by atoms with van der Waals surface area (Å²) in [5.74, 6) is 4.95. The molecule has 0 spiro atoms. The highest BCUT2D eigenvalue weighted by molar-refractivity contribution is 7.14. The van der Waals surface area contributed by atoms with Gasteiger partial charge in [-0.25, -0.2) is 0 Å². The van der Waals surface area contributed by atoms with Gasteiger partial charge in [0.25, 0.3) is 5.91 Å². The fourth-order valence-electron chi connectivity index (χ4n) is 2.07. The van der Waals surface area contributed by atoms with Crippen molar-refractivity contribution in [2.75, 3.05) is 26.3 Å². The maximum Gasteiger partial charge on any atom is 0.264 e. The molecule has 2 amide bonds. The molecule has 1 fully saturated rings. The zero-order chi connectivity index (χ0) is 15.4. The molecule has 2 heterocycles. The van der Waals surface area contributed by atoms with E-state index in [1.807, 2.05) is 6.92 Å². The molecule has 1 aliphatic heterocycles. The lowest BCUT2D eigenvalue weighted by molar-refractivity contribution is -0.127. The zero-order valence-electron chi connectivity index (χ0n) is 11.7. The first-order chi connectivity index (χ1) is 10.0. The number of carbonyl (C=O) groups is 2. The molecule has 7 heteroatoms. The molecule has 2 rings (SSSR count). The Morgan fingerprint density at radius 2 is 2.33 bits per heavy atom. The Morgan fingerprint density at radius 1 is 1.57 bits per heavy atom. The molecule has 4 N–H and O–H groups in total. The standard InChI is InChI=1S/C14H17N3O3S/c1-9-7-12(21-11(9)3-2-4-15)14(19)17-5-6-20-8-10(17)13(16)18/h7,10H,4-6,8,15H2,1H3,(H2,16,18). The Morgan fingerprint density at radius 3 is 3.00 bits per heavy atom. The van der Waals surface area contributed by atoms with E-state index in [0.717, 1.165) is 10.4 Å². The molecule has 0 aromatic carbocycles. The van der Waals surface area contributed by atoms with E-state index in [0.29, 0.717) is 18.0 Å². The SMILES string of the molecule is Cc1cc(C(=O)N2CCOCC2C(N)=O)sc1C#CCN. The van der Waals surface area contributed by atoms with Crippen molar-refractivity contribution in [2.24, 2.45) is 11.5 Å². The van der Waals surface area contributed by atoms with Crippen LogP contribution in [0.15, 0.2) is 6.07 Å². The summed E-state index contributed by atoms with van der Waals surface area (Å²) in [7, 11) is 0. The molecule has 0 saturated carbocycles. The van der Waals surface area contributed by atoms with Gasteiger partial charge in [0.1, 0.15) is 6.04 Å². The van der Waals surface area contributed by atoms with Crippen molar-refractivity contribution < 1.29 is 14.3 Å². The third-order valence-corrected chi connectivity index (χ3v) is 4.29. The summed E-state index contributed by atoms with van der Waals surface area (Å²) in [5.41, 5.74) is 11.6. The number of rotatable bonds is 2. The number of amides is 2. The number of thiophene rings is 1. The monoisotopic (exact) mass is 307 g/mol. The number of hydrogen-bond acceptors (Lipinski definition) is 5. The lowest BCUT2D eigenvalue weighted by Crippen LogP contribution is -2.54. The molecule has 0 bridgehead atoms. The highest BCUT2D eigenvalue weighted by Crippen LogP contribution is 2.24. The molecule has 21 heavy (non-hydrogen) atoms. The number of hydrogen-bond donors (Lipinski definition) is 2. The number of aryl methyl sites for hydroxylation is 1. The van der Waals surface area contributed by atoms with Crippen LogP contribution in [-0.2, 0) is 9.53 Å². The van der Waals surface area contributed by atoms with Gasteiger partial charge in [0, 0.05) is 6.54 Å². The predicted molar refractivity (Wildman–Crippen MR) is 79.8 cm³/mol. The first kappa shape index (κ1) is 15.5. The Labute approximate surface area is 127 Å². The van der Waals surface area contributed by atoms with E-state index in [-0.39, 0.29) is 19.1 Å². The lowest BCUT2D eigenvalue weighted by atomic mass is 10.2. The molecule has 1 aromatic heterocycles. The minimum absolute atomic E-state index is 0.144. The van der Waals surface area contributed by atoms with Gasteiger partial charge in [-0.15, -0.1) is 11.3 Å². The third-order valence-electron chi connectivity index (χ3n) is 3.15. The molecule has 6 nitrogen and oxygen atoms in total. The fraction of sp³-hybridized carbons (Fsp3) is 0.429. The molecule has 1 aromatic rings. The van der Waals surface area contributed by atoms with E-state index in [2.05, 4.69) is 11.8 Å². The molecular formula is C14H17N3O3S. The van der Waals surface area contributed by atoms with Crippen LogP contribution in [0.2, 0.25) is 0 Å². The van der Waals surface area contributed by atoms with Crippen LogP contribution in [-0.4, -0.2) is 49.1 Å². The maximum atomic E-state index is 12.6. The second kappa shape index (κ2) is 6.72. The Kier molecular flexibility index (Phi) is 4.96. The summed E-state index contributed by atoms with van der Waals surface area (Å²) in [5, 5.41) is 0. The fourth-order valence-corrected chi connectivity index (χ4v) is 3.07. The number of ether oxygens (including phenoxy) is 1. The van der Waals surface area contributed by atoms with Crippen LogP contribution >= 0.6 is 11.3 Å². The van der Waals surface area contributed by atoms with Crippen molar-refractivity contribution in [3.63, 3.8) is 0 Å². The molecule has 1 aliphatic rings. The molecule has 1 unspecified atom stereocenters. The highest BCUT2D eigenvalue weighted by Gasteiger charge is 2.32. The predicted octanol–water partition coefficient (Wildman–Crippen LogP) is -0.307. The minimum atomic E-state index is -0.716. The summed E-state index contributed by atoms with van der Waals surface area (Å²) in [6, 6.07) is 1.06. The topological polar surface area (TPSA) is 98.6 Å². The quantitative estimate of drug-likeness (QED) is 0.732. The van der Waals surface area contributed by atoms with Crippen molar-refractivity contribution in [1.29, 1.82) is 0 Å². The number of nitrogens with two attached hydrogens (primary N) is 2. The summed E-state index contributed by atoms with van der Waals surface area (Å²) in [6.45, 7) is 3.06. The van der Waals surface area contributed by atoms with Crippen molar-refractivity contribution >= 4 is 23.2 Å². The van der Waals surface area contributed by atoms with Gasteiger partial charge >= 0.3 is 0 Å². The van der Waals surface area contributed by atoms with E-state index in [1.165, 1.54) is 16.2 Å². The summed E-state index contributed by atoms with van der Waals surface area (Å²) >= 11 is 1.30. The lowest BCUT2D eigenvalue weighted by Gasteiger charge is -2.33. The van der Waals surface area contributed by atoms with Gasteiger partial charge < -0.3 is 21.1 Å². The largest absolute Gasteiger partial charge is 0.377 e. The van der Waals surface area contributed by atoms with Crippen molar-refractivity contribution in [3.8, 4) is 11.8 Å². The smallest absolute Gasteiger partial charge is 0.264 e. The molecule has 1 saturated heterocycles. The molecule has 0 radical (unpaired) electrons. The summed E-state index contributed by atoms with van der Waals surface area (Å²) in [6.07, 6.45) is 0. The van der Waals surface area contributed by atoms with Gasteiger partial charge in [-0.05, 0) is 18.6 Å². The number of nitrogens with zero attached hydrogens (tertiary/aromatic N) is 1. The summed E-state index contributed by atoms with van der Waals surface area (Å²) < 4.78 is 5.21. The van der Waals surface area contributed by atoms with E-state index >= 15 is 0 Å². The molecular weight excluding hydrogens is 290 g/mol. The van der Waals surface area contributed by atoms with Crippen molar-refractivity contribution in [2.45, 2.75) is 13.0 Å². The zero-order valence-corrected chi connectivity index (χ0v) is 12.5. The first-order valence-corrected chi connectivity index (χ1v) is 7.33. The van der Waals surface area contributed by atoms with Gasteiger partial charge in [-0.1, -0.05) is 11.8 Å². The number of morpholine rings is 1. The Hall–Kier alpha value is -1.88. The minimum Gasteiger partial charge on any atom is -0.377 e. The molecule has 1 atom stereocenters. The maximum absolute atomic E-state index is 12.6. The third kappa shape index (κ3) is 3.42. The summed E-state index contributed by atoms with van der Waals surface area (Å²) in [4.78, 5) is 26.8. The van der Waals surface area contributed by atoms with E-state index in [4.69, 9.17) is 16.2 Å². The van der Waals surface area contributed by atoms with E-state index in [9.17, 15) is 9.59 Å².